The molecular formula is C10H15BF4N4S. The van der Waals surface area contributed by atoms with E-state index in [0.717, 1.165) is 17.4 Å². The van der Waals surface area contributed by atoms with E-state index in [4.69, 9.17) is 0 Å². The molecule has 20 heavy (non-hydrogen) atoms. The van der Waals surface area contributed by atoms with E-state index in [1.165, 1.54) is 0 Å². The van der Waals surface area contributed by atoms with Crippen LogP contribution in [0.15, 0.2) is 35.4 Å². The van der Waals surface area contributed by atoms with E-state index in [0.29, 0.717) is 0 Å². The zero-order valence-electron chi connectivity index (χ0n) is 11.0. The van der Waals surface area contributed by atoms with E-state index in [-0.39, 0.29) is 0 Å². The lowest BCUT2D eigenvalue weighted by atomic mass is 10.3. The summed E-state index contributed by atoms with van der Waals surface area (Å²) in [5, 5.41) is 9.53. The summed E-state index contributed by atoms with van der Waals surface area (Å²) in [6.45, 7) is 2.99. The fourth-order valence-electron chi connectivity index (χ4n) is 1.42. The van der Waals surface area contributed by atoms with Crippen LogP contribution in [0.2, 0.25) is 0 Å². The Bertz CT molecular complexity index is 437. The first-order chi connectivity index (χ1) is 9.35. The number of halogens is 4. The van der Waals surface area contributed by atoms with E-state index < -0.39 is 7.25 Å². The lowest BCUT2D eigenvalue weighted by Crippen LogP contribution is -2.98. The van der Waals surface area contributed by atoms with Crippen LogP contribution in [0.4, 0.5) is 23.0 Å². The normalized spacial score (nSPS) is 14.8. The number of rotatable bonds is 2. The SMILES string of the molecule is CCN1N=C(SC)N(c2ccccc2)[NH2+]1.F[B-](F)(F)F. The van der Waals surface area contributed by atoms with Gasteiger partial charge >= 0.3 is 7.25 Å². The number of hydrogen-bond donors (Lipinski definition) is 1. The molecule has 0 atom stereocenters. The van der Waals surface area contributed by atoms with Crippen LogP contribution in [0.1, 0.15) is 6.92 Å². The number of hydrazone groups is 1. The Morgan fingerprint density at radius 3 is 2.20 bits per heavy atom. The summed E-state index contributed by atoms with van der Waals surface area (Å²) in [5.74, 6) is 0. The molecule has 1 heterocycles. The van der Waals surface area contributed by atoms with Gasteiger partial charge in [0.2, 0.25) is 5.17 Å². The molecule has 2 N–H and O–H groups in total. The van der Waals surface area contributed by atoms with Crippen molar-refractivity contribution in [3.05, 3.63) is 30.3 Å². The van der Waals surface area contributed by atoms with Crippen LogP contribution in [0, 0.1) is 0 Å². The molecule has 10 heteroatoms. The number of benzene rings is 1. The van der Waals surface area contributed by atoms with Crippen molar-refractivity contribution in [3.8, 4) is 0 Å². The molecule has 0 unspecified atom stereocenters. The van der Waals surface area contributed by atoms with Gasteiger partial charge in [0.25, 0.3) is 0 Å². The Labute approximate surface area is 118 Å². The van der Waals surface area contributed by atoms with E-state index >= 15 is 0 Å². The summed E-state index contributed by atoms with van der Waals surface area (Å²) < 4.78 is 39.0. The monoisotopic (exact) mass is 310 g/mol. The molecule has 0 saturated carbocycles. The highest BCUT2D eigenvalue weighted by Crippen LogP contribution is 2.16. The predicted molar refractivity (Wildman–Crippen MR) is 74.4 cm³/mol. The molecule has 0 saturated heterocycles. The van der Waals surface area contributed by atoms with Crippen LogP contribution in [0.3, 0.4) is 0 Å². The van der Waals surface area contributed by atoms with E-state index in [9.17, 15) is 17.3 Å². The quantitative estimate of drug-likeness (QED) is 0.516. The Morgan fingerprint density at radius 1 is 1.20 bits per heavy atom. The van der Waals surface area contributed by atoms with Gasteiger partial charge in [-0.25, -0.2) is 0 Å². The summed E-state index contributed by atoms with van der Waals surface area (Å²) in [7, 11) is -6.00. The molecule has 0 aromatic heterocycles. The standard InChI is InChI=1S/C10H14N4S.BF4/c1-3-13-11-10(15-2)14(12-13)9-7-5-4-6-8-9;2-1(3,4)5/h4-8,12H,3H2,1-2H3;/q;-1/p+1. The number of thioether (sulfide) groups is 1. The van der Waals surface area contributed by atoms with Gasteiger partial charge in [-0.1, -0.05) is 35.1 Å². The van der Waals surface area contributed by atoms with Crippen molar-refractivity contribution in [1.82, 2.24) is 5.12 Å². The van der Waals surface area contributed by atoms with Gasteiger partial charge in [0.1, 0.15) is 0 Å². The molecule has 1 aromatic rings. The Balaban J connectivity index is 0.000000347. The van der Waals surface area contributed by atoms with Crippen LogP contribution >= 0.6 is 11.8 Å². The van der Waals surface area contributed by atoms with Gasteiger partial charge in [-0.3, -0.25) is 0 Å². The van der Waals surface area contributed by atoms with E-state index in [1.807, 2.05) is 35.1 Å². The van der Waals surface area contributed by atoms with Gasteiger partial charge < -0.3 is 17.3 Å². The molecule has 0 radical (unpaired) electrons. The number of hydrogen-bond acceptors (Lipinski definition) is 4. The van der Waals surface area contributed by atoms with Crippen LogP contribution in [0.25, 0.3) is 0 Å². The van der Waals surface area contributed by atoms with Crippen molar-refractivity contribution in [1.29, 1.82) is 0 Å². The third kappa shape index (κ3) is 5.70. The highest BCUT2D eigenvalue weighted by Gasteiger charge is 2.26. The predicted octanol–water partition coefficient (Wildman–Crippen LogP) is 2.16. The summed E-state index contributed by atoms with van der Waals surface area (Å²) >= 11 is 1.66. The number of nitrogens with zero attached hydrogens (tertiary/aromatic N) is 3. The minimum atomic E-state index is -6.00. The van der Waals surface area contributed by atoms with Gasteiger partial charge in [0.15, 0.2) is 0 Å². The first-order valence-corrected chi connectivity index (χ1v) is 7.03. The minimum Gasteiger partial charge on any atom is -0.418 e. The highest BCUT2D eigenvalue weighted by atomic mass is 32.2. The van der Waals surface area contributed by atoms with Gasteiger partial charge in [-0.2, -0.15) is 0 Å². The molecule has 1 aliphatic rings. The summed E-state index contributed by atoms with van der Waals surface area (Å²) in [6, 6.07) is 10.3. The number of quaternary nitrogens is 1. The zero-order valence-corrected chi connectivity index (χ0v) is 11.8. The van der Waals surface area contributed by atoms with Gasteiger partial charge in [-0.15, -0.1) is 15.7 Å². The molecule has 0 bridgehead atoms. The van der Waals surface area contributed by atoms with Crippen molar-refractivity contribution >= 4 is 29.9 Å². The van der Waals surface area contributed by atoms with Crippen molar-refractivity contribution in [2.24, 2.45) is 5.10 Å². The largest absolute Gasteiger partial charge is 0.673 e. The molecule has 0 spiro atoms. The molecule has 1 aliphatic heterocycles. The lowest BCUT2D eigenvalue weighted by Gasteiger charge is -2.15. The number of para-hydroxylation sites is 1. The topological polar surface area (TPSA) is 35.5 Å². The van der Waals surface area contributed by atoms with Crippen LogP contribution < -0.4 is 10.5 Å². The van der Waals surface area contributed by atoms with Crippen LogP contribution in [-0.2, 0) is 0 Å². The lowest BCUT2D eigenvalue weighted by molar-refractivity contribution is -0.796. The first kappa shape index (κ1) is 16.6. The Hall–Kier alpha value is -1.42. The molecule has 4 nitrogen and oxygen atoms in total. The second kappa shape index (κ2) is 7.39. The summed E-state index contributed by atoms with van der Waals surface area (Å²) in [6.07, 6.45) is 2.04. The van der Waals surface area contributed by atoms with Crippen molar-refractivity contribution in [2.45, 2.75) is 6.92 Å². The molecule has 0 amide bonds. The third-order valence-corrected chi connectivity index (χ3v) is 2.85. The van der Waals surface area contributed by atoms with E-state index in [1.54, 1.807) is 11.8 Å². The maximum absolute atomic E-state index is 9.75. The van der Waals surface area contributed by atoms with Crippen molar-refractivity contribution in [3.63, 3.8) is 0 Å². The number of nitrogens with two attached hydrogens (primary N) is 1. The molecule has 1 aromatic carbocycles. The molecule has 0 fully saturated rings. The van der Waals surface area contributed by atoms with Crippen molar-refractivity contribution < 1.29 is 22.8 Å². The fourth-order valence-corrected chi connectivity index (χ4v) is 1.96. The summed E-state index contributed by atoms with van der Waals surface area (Å²) in [5.41, 5.74) is 3.18. The molecule has 0 aliphatic carbocycles. The van der Waals surface area contributed by atoms with Gasteiger partial charge in [-0.05, 0) is 25.3 Å². The summed E-state index contributed by atoms with van der Waals surface area (Å²) in [4.78, 5) is 0. The van der Waals surface area contributed by atoms with Crippen LogP contribution in [0.5, 0.6) is 0 Å². The average molecular weight is 310 g/mol. The maximum atomic E-state index is 9.75. The Kier molecular flexibility index (Phi) is 6.15. The maximum Gasteiger partial charge on any atom is 0.673 e. The Morgan fingerprint density at radius 2 is 1.75 bits per heavy atom. The smallest absolute Gasteiger partial charge is 0.418 e. The third-order valence-electron chi connectivity index (χ3n) is 2.21. The zero-order chi connectivity index (χ0) is 15.2. The second-order valence-electron chi connectivity index (χ2n) is 3.66. The average Bonchev–Trinajstić information content (AvgIpc) is 2.81. The van der Waals surface area contributed by atoms with Crippen molar-refractivity contribution in [2.75, 3.05) is 17.8 Å². The number of amidine groups is 1. The number of anilines is 1. The molecule has 2 rings (SSSR count). The van der Waals surface area contributed by atoms with E-state index in [2.05, 4.69) is 29.2 Å². The molecular weight excluding hydrogens is 295 g/mol. The van der Waals surface area contributed by atoms with Gasteiger partial charge in [0.05, 0.1) is 12.2 Å². The van der Waals surface area contributed by atoms with Gasteiger partial charge in [0, 0.05) is 0 Å². The second-order valence-corrected chi connectivity index (χ2v) is 4.43. The molecule has 112 valence electrons. The fraction of sp³-hybridized carbons (Fsp3) is 0.300. The minimum absolute atomic E-state index is 0.896. The highest BCUT2D eigenvalue weighted by molar-refractivity contribution is 8.13. The van der Waals surface area contributed by atoms with Crippen LogP contribution in [-0.4, -0.2) is 30.3 Å². The first-order valence-electron chi connectivity index (χ1n) is 5.81.